The molecule has 0 heterocycles. The fourth-order valence-electron chi connectivity index (χ4n) is 2.78. The first-order valence-corrected chi connectivity index (χ1v) is 14.8. The van der Waals surface area contributed by atoms with E-state index in [2.05, 4.69) is 11.9 Å². The normalized spacial score (nSPS) is 11.6. The maximum absolute atomic E-state index is 12.2. The van der Waals surface area contributed by atoms with Crippen LogP contribution in [0.15, 0.2) is 70.3 Å². The van der Waals surface area contributed by atoms with Crippen LogP contribution in [0.4, 0.5) is 0 Å². The second kappa shape index (κ2) is 14.1. The molecule has 0 atom stereocenters. The maximum Gasteiger partial charge on any atom is 0.338 e. The molecule has 0 bridgehead atoms. The number of sulfone groups is 2. The molecule has 0 aliphatic carbocycles. The van der Waals surface area contributed by atoms with E-state index >= 15 is 0 Å². The van der Waals surface area contributed by atoms with Crippen molar-refractivity contribution in [2.45, 2.75) is 49.9 Å². The lowest BCUT2D eigenvalue weighted by Crippen LogP contribution is -2.38. The van der Waals surface area contributed by atoms with Crippen LogP contribution in [-0.2, 0) is 29.1 Å². The summed E-state index contributed by atoms with van der Waals surface area (Å²) >= 11 is 0. The van der Waals surface area contributed by atoms with Crippen molar-refractivity contribution >= 4 is 31.6 Å². The maximum atomic E-state index is 12.2. The van der Waals surface area contributed by atoms with E-state index in [1.165, 1.54) is 48.5 Å². The molecular formula is C26H35NO8S2. The molecule has 9 nitrogen and oxygen atoms in total. The summed E-state index contributed by atoms with van der Waals surface area (Å²) in [6.07, 6.45) is 0. The highest BCUT2D eigenvalue weighted by Crippen LogP contribution is 2.14. The average Bonchev–Trinajstić information content (AvgIpc) is 2.84. The Balaban J connectivity index is 0.000000384. The van der Waals surface area contributed by atoms with Gasteiger partial charge in [0.1, 0.15) is 0 Å². The number of hydrogen-bond acceptors (Lipinski definition) is 9. The van der Waals surface area contributed by atoms with Crippen LogP contribution in [0, 0.1) is 0 Å². The Morgan fingerprint density at radius 1 is 0.811 bits per heavy atom. The second-order valence-corrected chi connectivity index (χ2v) is 12.7. The average molecular weight is 554 g/mol. The molecule has 0 aliphatic heterocycles. The number of benzene rings is 2. The van der Waals surface area contributed by atoms with E-state index in [-0.39, 0.29) is 34.3 Å². The van der Waals surface area contributed by atoms with E-state index < -0.39 is 31.6 Å². The third-order valence-corrected chi connectivity index (χ3v) is 7.76. The molecule has 204 valence electrons. The van der Waals surface area contributed by atoms with Crippen molar-refractivity contribution in [3.8, 4) is 0 Å². The van der Waals surface area contributed by atoms with Gasteiger partial charge in [0, 0.05) is 17.5 Å². The molecule has 0 fully saturated rings. The number of rotatable bonds is 10. The molecule has 0 radical (unpaired) electrons. The Kier molecular flexibility index (Phi) is 12.2. The van der Waals surface area contributed by atoms with Gasteiger partial charge in [-0.25, -0.2) is 26.4 Å². The second-order valence-electron chi connectivity index (χ2n) is 8.70. The van der Waals surface area contributed by atoms with Gasteiger partial charge < -0.3 is 14.8 Å². The van der Waals surface area contributed by atoms with Gasteiger partial charge in [0.05, 0.1) is 39.9 Å². The zero-order valence-corrected chi connectivity index (χ0v) is 23.4. The minimum atomic E-state index is -3.44. The lowest BCUT2D eigenvalue weighted by molar-refractivity contribution is 0.0516. The van der Waals surface area contributed by atoms with Gasteiger partial charge in [-0.2, -0.15) is 0 Å². The van der Waals surface area contributed by atoms with Crippen molar-refractivity contribution in [2.24, 2.45) is 0 Å². The molecule has 0 saturated carbocycles. The Bertz CT molecular complexity index is 1260. The third-order valence-electron chi connectivity index (χ3n) is 4.66. The Morgan fingerprint density at radius 3 is 1.57 bits per heavy atom. The predicted molar refractivity (Wildman–Crippen MR) is 142 cm³/mol. The summed E-state index contributed by atoms with van der Waals surface area (Å²) in [5.41, 5.74) is 0.553. The predicted octanol–water partition coefficient (Wildman–Crippen LogP) is 3.81. The summed E-state index contributed by atoms with van der Waals surface area (Å²) in [6, 6.07) is 11.4. The molecule has 2 rings (SSSR count). The van der Waals surface area contributed by atoms with E-state index in [0.29, 0.717) is 17.7 Å². The van der Waals surface area contributed by atoms with Gasteiger partial charge in [-0.05, 0) is 83.1 Å². The Hall–Kier alpha value is -3.02. The quantitative estimate of drug-likeness (QED) is 0.436. The molecule has 0 saturated heterocycles. The lowest BCUT2D eigenvalue weighted by atomic mass is 10.1. The van der Waals surface area contributed by atoms with Crippen molar-refractivity contribution in [2.75, 3.05) is 25.5 Å². The fourth-order valence-corrected chi connectivity index (χ4v) is 4.65. The molecule has 11 heteroatoms. The number of carbonyl (C=O) groups excluding carboxylic acids is 2. The zero-order valence-electron chi connectivity index (χ0n) is 21.8. The van der Waals surface area contributed by atoms with E-state index in [1.807, 2.05) is 20.8 Å². The smallest absolute Gasteiger partial charge is 0.338 e. The zero-order chi connectivity index (χ0) is 28.3. The van der Waals surface area contributed by atoms with Crippen LogP contribution in [0.25, 0.3) is 0 Å². The topological polar surface area (TPSA) is 133 Å². The summed E-state index contributed by atoms with van der Waals surface area (Å²) in [4.78, 5) is 23.1. The van der Waals surface area contributed by atoms with Crippen LogP contribution < -0.4 is 5.32 Å². The molecule has 0 aliphatic rings. The van der Waals surface area contributed by atoms with E-state index in [1.54, 1.807) is 13.8 Å². The third kappa shape index (κ3) is 10.9. The SMILES string of the molecule is C=CS(=O)(=O)c1ccc(C(=O)OCC)cc1.CCOC(=O)c1ccc(S(=O)(=O)CCNC(C)(C)C)cc1. The number of nitrogens with one attached hydrogen (secondary N) is 1. The molecule has 2 aromatic rings. The summed E-state index contributed by atoms with van der Waals surface area (Å²) in [7, 11) is -6.79. The van der Waals surface area contributed by atoms with Crippen LogP contribution in [-0.4, -0.2) is 59.8 Å². The molecule has 2 aromatic carbocycles. The molecule has 0 aromatic heterocycles. The molecule has 0 unspecified atom stereocenters. The Labute approximate surface area is 219 Å². The van der Waals surface area contributed by atoms with Crippen LogP contribution in [0.5, 0.6) is 0 Å². The molecule has 0 spiro atoms. The molecule has 1 N–H and O–H groups in total. The highest BCUT2D eigenvalue weighted by atomic mass is 32.2. The first-order valence-electron chi connectivity index (χ1n) is 11.6. The molecule has 37 heavy (non-hydrogen) atoms. The van der Waals surface area contributed by atoms with Crippen LogP contribution in [0.3, 0.4) is 0 Å². The van der Waals surface area contributed by atoms with Gasteiger partial charge in [-0.15, -0.1) is 0 Å². The van der Waals surface area contributed by atoms with Crippen LogP contribution in [0.2, 0.25) is 0 Å². The van der Waals surface area contributed by atoms with Crippen molar-refractivity contribution in [3.63, 3.8) is 0 Å². The summed E-state index contributed by atoms with van der Waals surface area (Å²) < 4.78 is 56.7. The number of esters is 2. The van der Waals surface area contributed by atoms with Gasteiger partial charge >= 0.3 is 11.9 Å². The van der Waals surface area contributed by atoms with Crippen molar-refractivity contribution in [1.29, 1.82) is 0 Å². The number of ether oxygens (including phenoxy) is 2. The van der Waals surface area contributed by atoms with E-state index in [0.717, 1.165) is 5.41 Å². The minimum absolute atomic E-state index is 0.0169. The first kappa shape index (κ1) is 32.0. The highest BCUT2D eigenvalue weighted by molar-refractivity contribution is 7.94. The van der Waals surface area contributed by atoms with Crippen molar-refractivity contribution in [1.82, 2.24) is 5.32 Å². The molecular weight excluding hydrogens is 518 g/mol. The molecule has 0 amide bonds. The fraction of sp³-hybridized carbons (Fsp3) is 0.385. The van der Waals surface area contributed by atoms with E-state index in [9.17, 15) is 26.4 Å². The standard InChI is InChI=1S/C15H23NO4S.C11H12O4S/c1-5-20-14(17)12-6-8-13(9-7-12)21(18,19)11-10-16-15(2,3)4;1-3-15-11(12)9-5-7-10(8-6-9)16(13,14)4-2/h6-9,16H,5,10-11H2,1-4H3;4-8H,2-3H2,1H3. The van der Waals surface area contributed by atoms with Crippen molar-refractivity contribution < 1.29 is 35.9 Å². The largest absolute Gasteiger partial charge is 0.462 e. The highest BCUT2D eigenvalue weighted by Gasteiger charge is 2.17. The van der Waals surface area contributed by atoms with Crippen LogP contribution >= 0.6 is 0 Å². The van der Waals surface area contributed by atoms with E-state index in [4.69, 9.17) is 9.47 Å². The van der Waals surface area contributed by atoms with Gasteiger partial charge in [0.25, 0.3) is 0 Å². The summed E-state index contributed by atoms with van der Waals surface area (Å²) in [5, 5.41) is 4.01. The number of carbonyl (C=O) groups is 2. The lowest BCUT2D eigenvalue weighted by Gasteiger charge is -2.20. The number of hydrogen-bond donors (Lipinski definition) is 1. The van der Waals surface area contributed by atoms with Gasteiger partial charge in [0.2, 0.25) is 0 Å². The van der Waals surface area contributed by atoms with Crippen LogP contribution in [0.1, 0.15) is 55.3 Å². The first-order chi connectivity index (χ1) is 17.2. The van der Waals surface area contributed by atoms with Crippen molar-refractivity contribution in [3.05, 3.63) is 71.6 Å². The monoisotopic (exact) mass is 553 g/mol. The van der Waals surface area contributed by atoms with Gasteiger partial charge in [-0.1, -0.05) is 6.58 Å². The van der Waals surface area contributed by atoms with Gasteiger partial charge in [-0.3, -0.25) is 0 Å². The minimum Gasteiger partial charge on any atom is -0.462 e. The summed E-state index contributed by atoms with van der Waals surface area (Å²) in [5.74, 6) is -0.899. The van der Waals surface area contributed by atoms with Gasteiger partial charge in [0.15, 0.2) is 19.7 Å². The Morgan fingerprint density at radius 2 is 1.22 bits per heavy atom. The summed E-state index contributed by atoms with van der Waals surface area (Å²) in [6.45, 7) is 13.5.